The summed E-state index contributed by atoms with van der Waals surface area (Å²) >= 11 is 0. The Hall–Kier alpha value is -7.58. The fourth-order valence-corrected chi connectivity index (χ4v) is 10.3. The molecule has 0 saturated heterocycles. The Bertz CT molecular complexity index is 3320. The van der Waals surface area contributed by atoms with E-state index in [0.717, 1.165) is 78.2 Å². The molecule has 350 valence electrons. The molecule has 0 aliphatic heterocycles. The number of hydrogen-bond donors (Lipinski definition) is 0. The third-order valence-electron chi connectivity index (χ3n) is 13.7. The van der Waals surface area contributed by atoms with Crippen LogP contribution in [-0.2, 0) is 12.4 Å². The molecule has 0 fully saturated rings. The Morgan fingerprint density at radius 1 is 0.329 bits per heavy atom. The van der Waals surface area contributed by atoms with Crippen LogP contribution in [0, 0.1) is 13.8 Å². The molecule has 2 nitrogen and oxygen atoms in total. The number of halogens is 6. The highest BCUT2D eigenvalue weighted by molar-refractivity contribution is 6.29. The fourth-order valence-electron chi connectivity index (χ4n) is 10.3. The first-order valence-electron chi connectivity index (χ1n) is 23.5. The zero-order valence-corrected chi connectivity index (χ0v) is 39.6. The van der Waals surface area contributed by atoms with Gasteiger partial charge in [0.05, 0.1) is 33.9 Å². The minimum absolute atomic E-state index is 0.0275. The SMILES string of the molecule is Cc1ccc(-c2ccccc2)cc1N(c1ccccc1C(F)(F)F)c1cc(C(C)C)c2ccc3c(N(c4cc(-c5ccccc5)ccc4C)c4ccccc4C(F)(F)F)cc(C(C)C)c4ccc1c2c43. The molecular weight excluding hydrogens is 887 g/mol. The number of para-hydroxylation sites is 2. The molecule has 0 aliphatic rings. The van der Waals surface area contributed by atoms with Crippen molar-refractivity contribution in [3.05, 3.63) is 215 Å². The van der Waals surface area contributed by atoms with Crippen LogP contribution in [0.5, 0.6) is 0 Å². The molecule has 0 atom stereocenters. The summed E-state index contributed by atoms with van der Waals surface area (Å²) in [5, 5.41) is 4.89. The first kappa shape index (κ1) is 46.2. The van der Waals surface area contributed by atoms with Crippen LogP contribution in [0.2, 0.25) is 0 Å². The van der Waals surface area contributed by atoms with E-state index < -0.39 is 23.5 Å². The summed E-state index contributed by atoms with van der Waals surface area (Å²) in [4.78, 5) is 3.52. The lowest BCUT2D eigenvalue weighted by atomic mass is 9.83. The maximum absolute atomic E-state index is 15.4. The second-order valence-electron chi connectivity index (χ2n) is 18.8. The Labute approximate surface area is 404 Å². The lowest BCUT2D eigenvalue weighted by Crippen LogP contribution is -2.19. The van der Waals surface area contributed by atoms with Crippen molar-refractivity contribution in [1.29, 1.82) is 0 Å². The molecule has 0 bridgehead atoms. The Balaban J connectivity index is 1.35. The first-order valence-corrected chi connectivity index (χ1v) is 23.5. The third kappa shape index (κ3) is 8.09. The van der Waals surface area contributed by atoms with Crippen LogP contribution >= 0.6 is 0 Å². The van der Waals surface area contributed by atoms with Gasteiger partial charge in [0.25, 0.3) is 0 Å². The van der Waals surface area contributed by atoms with Crippen LogP contribution < -0.4 is 9.80 Å². The Morgan fingerprint density at radius 3 is 1.03 bits per heavy atom. The van der Waals surface area contributed by atoms with Crippen molar-refractivity contribution >= 4 is 66.4 Å². The maximum Gasteiger partial charge on any atom is 0.418 e. The molecule has 70 heavy (non-hydrogen) atoms. The molecule has 0 heterocycles. The van der Waals surface area contributed by atoms with Gasteiger partial charge in [-0.2, -0.15) is 26.3 Å². The van der Waals surface area contributed by atoms with E-state index in [9.17, 15) is 0 Å². The van der Waals surface area contributed by atoms with Crippen molar-refractivity contribution in [2.45, 2.75) is 65.7 Å². The molecule has 0 spiro atoms. The molecule has 0 aromatic heterocycles. The molecule has 0 saturated carbocycles. The summed E-state index contributed by atoms with van der Waals surface area (Å²) in [5.74, 6) is -0.162. The molecule has 10 aromatic carbocycles. The lowest BCUT2D eigenvalue weighted by molar-refractivity contribution is -0.137. The van der Waals surface area contributed by atoms with E-state index in [1.807, 2.05) is 147 Å². The number of benzene rings is 10. The summed E-state index contributed by atoms with van der Waals surface area (Å²) in [7, 11) is 0. The van der Waals surface area contributed by atoms with Crippen LogP contribution in [-0.4, -0.2) is 0 Å². The van der Waals surface area contributed by atoms with E-state index in [0.29, 0.717) is 33.5 Å². The summed E-state index contributed by atoms with van der Waals surface area (Å²) < 4.78 is 92.4. The van der Waals surface area contributed by atoms with Gasteiger partial charge in [-0.1, -0.05) is 161 Å². The quantitative estimate of drug-likeness (QED) is 0.0996. The van der Waals surface area contributed by atoms with Gasteiger partial charge in [-0.25, -0.2) is 0 Å². The minimum Gasteiger partial charge on any atom is -0.309 e. The monoisotopic (exact) mass is 936 g/mol. The second-order valence-corrected chi connectivity index (χ2v) is 18.8. The average molecular weight is 937 g/mol. The van der Waals surface area contributed by atoms with Gasteiger partial charge in [0, 0.05) is 22.1 Å². The van der Waals surface area contributed by atoms with Gasteiger partial charge in [0.15, 0.2) is 0 Å². The summed E-state index contributed by atoms with van der Waals surface area (Å²) in [5.41, 5.74) is 7.54. The van der Waals surface area contributed by atoms with Crippen LogP contribution in [0.4, 0.5) is 60.5 Å². The zero-order chi connectivity index (χ0) is 49.2. The van der Waals surface area contributed by atoms with Gasteiger partial charge in [0.2, 0.25) is 0 Å². The van der Waals surface area contributed by atoms with Gasteiger partial charge < -0.3 is 9.80 Å². The minimum atomic E-state index is -4.70. The molecule has 0 aliphatic carbocycles. The van der Waals surface area contributed by atoms with E-state index in [1.54, 1.807) is 21.9 Å². The number of anilines is 6. The summed E-state index contributed by atoms with van der Waals surface area (Å²) in [6, 6.07) is 54.9. The van der Waals surface area contributed by atoms with Crippen molar-refractivity contribution in [2.24, 2.45) is 0 Å². The third-order valence-corrected chi connectivity index (χ3v) is 13.7. The normalized spacial score (nSPS) is 12.3. The lowest BCUT2D eigenvalue weighted by Gasteiger charge is -2.34. The predicted molar refractivity (Wildman–Crippen MR) is 278 cm³/mol. The van der Waals surface area contributed by atoms with Gasteiger partial charge >= 0.3 is 12.4 Å². The van der Waals surface area contributed by atoms with Gasteiger partial charge in [0.1, 0.15) is 0 Å². The number of nitrogens with zero attached hydrogens (tertiary/aromatic N) is 2. The van der Waals surface area contributed by atoms with Crippen molar-refractivity contribution in [1.82, 2.24) is 0 Å². The highest BCUT2D eigenvalue weighted by Gasteiger charge is 2.38. The molecule has 0 unspecified atom stereocenters. The largest absolute Gasteiger partial charge is 0.418 e. The molecule has 10 rings (SSSR count). The smallest absolute Gasteiger partial charge is 0.309 e. The van der Waals surface area contributed by atoms with E-state index in [4.69, 9.17) is 0 Å². The standard InChI is InChI=1S/C62H50F6N2/c1-37(2)49-35-57(69(53-23-15-13-21-51(53)61(63,64)65)55-33-43(27-25-39(55)5)41-17-9-7-10-18-41)47-32-30-46-50(38(3)4)36-58(48-31-29-45(49)59(47)60(46)48)70(54-24-16-14-22-52(54)62(66,67)68)56-34-44(28-26-40(56)6)42-19-11-8-12-20-42/h7-38H,1-6H3. The fraction of sp³-hybridized carbons (Fsp3) is 0.161. The predicted octanol–water partition coefficient (Wildman–Crippen LogP) is 19.8. The van der Waals surface area contributed by atoms with Crippen LogP contribution in [0.3, 0.4) is 0 Å². The number of hydrogen-bond acceptors (Lipinski definition) is 2. The molecule has 0 N–H and O–H groups in total. The molecule has 0 amide bonds. The number of alkyl halides is 6. The summed E-state index contributed by atoms with van der Waals surface area (Å²) in [6.07, 6.45) is -9.39. The summed E-state index contributed by atoms with van der Waals surface area (Å²) in [6.45, 7) is 12.1. The van der Waals surface area contributed by atoms with Crippen LogP contribution in [0.25, 0.3) is 54.6 Å². The molecular formula is C62H50F6N2. The molecule has 10 aromatic rings. The molecule has 0 radical (unpaired) electrons. The van der Waals surface area contributed by atoms with E-state index in [2.05, 4.69) is 27.7 Å². The van der Waals surface area contributed by atoms with Crippen molar-refractivity contribution < 1.29 is 26.3 Å². The highest BCUT2D eigenvalue weighted by atomic mass is 19.4. The topological polar surface area (TPSA) is 6.48 Å². The molecule has 8 heteroatoms. The van der Waals surface area contributed by atoms with Gasteiger partial charge in [-0.15, -0.1) is 0 Å². The van der Waals surface area contributed by atoms with E-state index in [-0.39, 0.29) is 23.2 Å². The Morgan fingerprint density at radius 2 is 0.671 bits per heavy atom. The highest BCUT2D eigenvalue weighted by Crippen LogP contribution is 2.54. The maximum atomic E-state index is 15.4. The van der Waals surface area contributed by atoms with E-state index in [1.165, 1.54) is 24.3 Å². The van der Waals surface area contributed by atoms with Gasteiger partial charge in [-0.3, -0.25) is 0 Å². The van der Waals surface area contributed by atoms with Crippen LogP contribution in [0.1, 0.15) is 72.9 Å². The second kappa shape index (κ2) is 17.7. The first-order chi connectivity index (χ1) is 33.5. The van der Waals surface area contributed by atoms with Crippen molar-refractivity contribution in [3.8, 4) is 22.3 Å². The van der Waals surface area contributed by atoms with E-state index >= 15 is 26.3 Å². The average Bonchev–Trinajstić information content (AvgIpc) is 3.35. The Kier molecular flexibility index (Phi) is 11.7. The number of aryl methyl sites for hydroxylation is 2. The van der Waals surface area contributed by atoms with Crippen molar-refractivity contribution in [2.75, 3.05) is 9.80 Å². The zero-order valence-electron chi connectivity index (χ0n) is 39.6. The van der Waals surface area contributed by atoms with Gasteiger partial charge in [-0.05, 0) is 140 Å². The number of rotatable bonds is 10. The van der Waals surface area contributed by atoms with Crippen LogP contribution in [0.15, 0.2) is 182 Å². The van der Waals surface area contributed by atoms with Crippen molar-refractivity contribution in [3.63, 3.8) is 0 Å².